The molecule has 1 amide bonds. The van der Waals surface area contributed by atoms with E-state index in [1.165, 1.54) is 0 Å². The molecule has 0 radical (unpaired) electrons. The highest BCUT2D eigenvalue weighted by atomic mass is 79.9. The van der Waals surface area contributed by atoms with Gasteiger partial charge in [-0.15, -0.1) is 0 Å². The lowest BCUT2D eigenvalue weighted by Crippen LogP contribution is -2.43. The molecule has 0 saturated heterocycles. The largest absolute Gasteiger partial charge is 0.481 e. The van der Waals surface area contributed by atoms with Gasteiger partial charge in [-0.2, -0.15) is 0 Å². The highest BCUT2D eigenvalue weighted by Gasteiger charge is 2.35. The van der Waals surface area contributed by atoms with Crippen molar-refractivity contribution in [1.82, 2.24) is 5.32 Å². The van der Waals surface area contributed by atoms with Crippen LogP contribution in [0.3, 0.4) is 0 Å². The quantitative estimate of drug-likeness (QED) is 0.872. The van der Waals surface area contributed by atoms with Crippen LogP contribution in [0.15, 0.2) is 28.7 Å². The van der Waals surface area contributed by atoms with E-state index in [1.807, 2.05) is 38.1 Å². The molecule has 21 heavy (non-hydrogen) atoms. The van der Waals surface area contributed by atoms with E-state index in [9.17, 15) is 9.59 Å². The van der Waals surface area contributed by atoms with E-state index in [4.69, 9.17) is 5.11 Å². The number of amides is 1. The summed E-state index contributed by atoms with van der Waals surface area (Å²) >= 11 is 3.39. The second-order valence-electron chi connectivity index (χ2n) is 6.17. The molecule has 2 rings (SSSR count). The number of carboxylic acid groups (broad SMARTS) is 1. The number of halogens is 1. The number of carbonyl (C=O) groups is 2. The van der Waals surface area contributed by atoms with Crippen LogP contribution in [0.2, 0.25) is 0 Å². The lowest BCUT2D eigenvalue weighted by molar-refractivity contribution is -0.141. The van der Waals surface area contributed by atoms with Crippen LogP contribution in [-0.2, 0) is 15.1 Å². The number of carbonyl (C=O) groups excluding carboxylic acids is 1. The monoisotopic (exact) mass is 353 g/mol. The van der Waals surface area contributed by atoms with Gasteiger partial charge in [0.2, 0.25) is 5.91 Å². The molecule has 1 saturated carbocycles. The number of hydrogen-bond acceptors (Lipinski definition) is 2. The van der Waals surface area contributed by atoms with Crippen molar-refractivity contribution in [3.63, 3.8) is 0 Å². The summed E-state index contributed by atoms with van der Waals surface area (Å²) in [5, 5.41) is 12.1. The maximum atomic E-state index is 12.4. The summed E-state index contributed by atoms with van der Waals surface area (Å²) in [6.45, 7) is 3.91. The molecule has 5 heteroatoms. The molecule has 0 aromatic heterocycles. The van der Waals surface area contributed by atoms with E-state index in [-0.39, 0.29) is 17.7 Å². The lowest BCUT2D eigenvalue weighted by atomic mass is 9.93. The Hall–Kier alpha value is -1.36. The summed E-state index contributed by atoms with van der Waals surface area (Å²) in [5.41, 5.74) is 0.547. The van der Waals surface area contributed by atoms with Gasteiger partial charge in [0, 0.05) is 10.4 Å². The molecule has 0 bridgehead atoms. The predicted octanol–water partition coefficient (Wildman–Crippen LogP) is 3.30. The second kappa shape index (κ2) is 6.18. The minimum atomic E-state index is -0.794. The minimum absolute atomic E-state index is 0.0494. The summed E-state index contributed by atoms with van der Waals surface area (Å²) in [4.78, 5) is 23.3. The SMILES string of the molecule is CC(C)(NC(=O)[C@@H]1CC[C@H](C(=O)O)C1)c1ccc(Br)cc1. The lowest BCUT2D eigenvalue weighted by Gasteiger charge is -2.28. The van der Waals surface area contributed by atoms with Crippen LogP contribution in [0, 0.1) is 11.8 Å². The average molecular weight is 354 g/mol. The van der Waals surface area contributed by atoms with Crippen molar-refractivity contribution < 1.29 is 14.7 Å². The Balaban J connectivity index is 2.01. The van der Waals surface area contributed by atoms with E-state index >= 15 is 0 Å². The molecule has 0 heterocycles. The molecule has 1 fully saturated rings. The zero-order chi connectivity index (χ0) is 15.6. The van der Waals surface area contributed by atoms with Gasteiger partial charge in [0.15, 0.2) is 0 Å². The fourth-order valence-electron chi connectivity index (χ4n) is 2.79. The van der Waals surface area contributed by atoms with Crippen LogP contribution in [0.25, 0.3) is 0 Å². The Morgan fingerprint density at radius 2 is 1.76 bits per heavy atom. The first-order valence-electron chi connectivity index (χ1n) is 7.10. The highest BCUT2D eigenvalue weighted by molar-refractivity contribution is 9.10. The molecule has 2 atom stereocenters. The third-order valence-corrected chi connectivity index (χ3v) is 4.68. The molecular weight excluding hydrogens is 334 g/mol. The molecule has 0 aliphatic heterocycles. The van der Waals surface area contributed by atoms with Crippen molar-refractivity contribution in [2.24, 2.45) is 11.8 Å². The summed E-state index contributed by atoms with van der Waals surface area (Å²) in [6, 6.07) is 7.83. The standard InChI is InChI=1S/C16H20BrNO3/c1-16(2,12-5-7-13(17)8-6-12)18-14(19)10-3-4-11(9-10)15(20)21/h5-8,10-11H,3-4,9H2,1-2H3,(H,18,19)(H,20,21)/t10-,11+/m1/s1. The molecule has 1 aromatic carbocycles. The number of nitrogens with one attached hydrogen (secondary N) is 1. The molecule has 0 unspecified atom stereocenters. The van der Waals surface area contributed by atoms with E-state index in [1.54, 1.807) is 0 Å². The van der Waals surface area contributed by atoms with Crippen molar-refractivity contribution in [2.75, 3.05) is 0 Å². The molecule has 114 valence electrons. The maximum absolute atomic E-state index is 12.4. The summed E-state index contributed by atoms with van der Waals surface area (Å²) in [6.07, 6.45) is 1.68. The van der Waals surface area contributed by atoms with Gasteiger partial charge in [0.25, 0.3) is 0 Å². The van der Waals surface area contributed by atoms with Gasteiger partial charge in [-0.1, -0.05) is 28.1 Å². The van der Waals surface area contributed by atoms with Crippen LogP contribution >= 0.6 is 15.9 Å². The van der Waals surface area contributed by atoms with Crippen molar-refractivity contribution >= 4 is 27.8 Å². The van der Waals surface area contributed by atoms with Gasteiger partial charge in [-0.05, 0) is 50.8 Å². The van der Waals surface area contributed by atoms with Gasteiger partial charge < -0.3 is 10.4 Å². The average Bonchev–Trinajstić information content (AvgIpc) is 2.88. The van der Waals surface area contributed by atoms with Gasteiger partial charge in [0.1, 0.15) is 0 Å². The summed E-state index contributed by atoms with van der Waals surface area (Å²) < 4.78 is 0.994. The van der Waals surface area contributed by atoms with E-state index in [2.05, 4.69) is 21.2 Å². The zero-order valence-electron chi connectivity index (χ0n) is 12.2. The maximum Gasteiger partial charge on any atom is 0.306 e. The van der Waals surface area contributed by atoms with Crippen molar-refractivity contribution in [3.8, 4) is 0 Å². The second-order valence-corrected chi connectivity index (χ2v) is 7.08. The van der Waals surface area contributed by atoms with Crippen LogP contribution < -0.4 is 5.32 Å². The van der Waals surface area contributed by atoms with Crippen LogP contribution in [-0.4, -0.2) is 17.0 Å². The molecule has 4 nitrogen and oxygen atoms in total. The number of rotatable bonds is 4. The van der Waals surface area contributed by atoms with Crippen LogP contribution in [0.5, 0.6) is 0 Å². The number of hydrogen-bond donors (Lipinski definition) is 2. The number of aliphatic carboxylic acids is 1. The molecule has 1 aliphatic rings. The first-order valence-corrected chi connectivity index (χ1v) is 7.90. The van der Waals surface area contributed by atoms with Crippen molar-refractivity contribution in [2.45, 2.75) is 38.6 Å². The van der Waals surface area contributed by atoms with E-state index in [0.29, 0.717) is 19.3 Å². The van der Waals surface area contributed by atoms with E-state index < -0.39 is 11.5 Å². The Morgan fingerprint density at radius 3 is 2.29 bits per heavy atom. The van der Waals surface area contributed by atoms with Gasteiger partial charge in [0.05, 0.1) is 11.5 Å². The first kappa shape index (κ1) is 16.0. The molecule has 2 N–H and O–H groups in total. The van der Waals surface area contributed by atoms with Crippen LogP contribution in [0.1, 0.15) is 38.7 Å². The number of benzene rings is 1. The summed E-state index contributed by atoms with van der Waals surface area (Å²) in [7, 11) is 0. The molecule has 0 spiro atoms. The third kappa shape index (κ3) is 3.84. The first-order chi connectivity index (χ1) is 9.79. The van der Waals surface area contributed by atoms with Crippen molar-refractivity contribution in [1.29, 1.82) is 0 Å². The molecular formula is C16H20BrNO3. The molecule has 1 aliphatic carbocycles. The normalized spacial score (nSPS) is 22.0. The predicted molar refractivity (Wildman–Crippen MR) is 83.8 cm³/mol. The summed E-state index contributed by atoms with van der Waals surface area (Å²) in [5.74, 6) is -1.42. The number of carboxylic acids is 1. The fourth-order valence-corrected chi connectivity index (χ4v) is 3.06. The third-order valence-electron chi connectivity index (χ3n) is 4.15. The van der Waals surface area contributed by atoms with Gasteiger partial charge >= 0.3 is 5.97 Å². The Kier molecular flexibility index (Phi) is 4.71. The zero-order valence-corrected chi connectivity index (χ0v) is 13.8. The Labute approximate surface area is 133 Å². The van der Waals surface area contributed by atoms with Gasteiger partial charge in [-0.3, -0.25) is 9.59 Å². The minimum Gasteiger partial charge on any atom is -0.481 e. The van der Waals surface area contributed by atoms with Crippen LogP contribution in [0.4, 0.5) is 0 Å². The smallest absolute Gasteiger partial charge is 0.306 e. The highest BCUT2D eigenvalue weighted by Crippen LogP contribution is 2.32. The Morgan fingerprint density at radius 1 is 1.19 bits per heavy atom. The van der Waals surface area contributed by atoms with E-state index in [0.717, 1.165) is 10.0 Å². The molecule has 1 aromatic rings. The van der Waals surface area contributed by atoms with Crippen molar-refractivity contribution in [3.05, 3.63) is 34.3 Å². The Bertz CT molecular complexity index is 539. The fraction of sp³-hybridized carbons (Fsp3) is 0.500. The topological polar surface area (TPSA) is 66.4 Å². The van der Waals surface area contributed by atoms with Gasteiger partial charge in [-0.25, -0.2) is 0 Å².